The van der Waals surface area contributed by atoms with E-state index in [1.54, 1.807) is 14.0 Å². The Balaban J connectivity index is 1.98. The SMILES string of the molecule is CCc1noc(C)c1C(=O)N1CCNC[C@@H]1c1ccccc1OC. The number of hydrogen-bond donors (Lipinski definition) is 1. The van der Waals surface area contributed by atoms with Crippen molar-refractivity contribution in [1.82, 2.24) is 15.4 Å². The van der Waals surface area contributed by atoms with E-state index >= 15 is 0 Å². The average molecular weight is 329 g/mol. The number of carbonyl (C=O) groups excluding carboxylic acids is 1. The molecule has 3 rings (SSSR count). The minimum atomic E-state index is -0.0820. The van der Waals surface area contributed by atoms with Gasteiger partial charge >= 0.3 is 0 Å². The first kappa shape index (κ1) is 16.5. The first-order chi connectivity index (χ1) is 11.7. The van der Waals surface area contributed by atoms with Crippen molar-refractivity contribution in [3.05, 3.63) is 46.8 Å². The number of methoxy groups -OCH3 is 1. The third kappa shape index (κ3) is 2.89. The van der Waals surface area contributed by atoms with Gasteiger partial charge in [0.25, 0.3) is 5.91 Å². The van der Waals surface area contributed by atoms with E-state index < -0.39 is 0 Å². The van der Waals surface area contributed by atoms with Crippen LogP contribution in [0.3, 0.4) is 0 Å². The second kappa shape index (κ2) is 7.05. The van der Waals surface area contributed by atoms with Crippen molar-refractivity contribution >= 4 is 5.91 Å². The van der Waals surface area contributed by atoms with Crippen molar-refractivity contribution in [2.45, 2.75) is 26.3 Å². The Bertz CT molecular complexity index is 726. The van der Waals surface area contributed by atoms with Gasteiger partial charge in [0.15, 0.2) is 0 Å². The second-order valence-corrected chi connectivity index (χ2v) is 5.87. The van der Waals surface area contributed by atoms with Gasteiger partial charge in [-0.3, -0.25) is 4.79 Å². The van der Waals surface area contributed by atoms with Crippen molar-refractivity contribution in [2.24, 2.45) is 0 Å². The summed E-state index contributed by atoms with van der Waals surface area (Å²) < 4.78 is 10.7. The summed E-state index contributed by atoms with van der Waals surface area (Å²) in [5, 5.41) is 7.39. The van der Waals surface area contributed by atoms with Gasteiger partial charge in [-0.2, -0.15) is 0 Å². The standard InChI is InChI=1S/C18H23N3O3/c1-4-14-17(12(2)24-20-14)18(22)21-10-9-19-11-15(21)13-7-5-6-8-16(13)23-3/h5-8,15,19H,4,9-11H2,1-3H3/t15-/m1/s1. The molecule has 1 amide bonds. The molecule has 2 heterocycles. The maximum Gasteiger partial charge on any atom is 0.259 e. The number of amides is 1. The van der Waals surface area contributed by atoms with E-state index in [2.05, 4.69) is 10.5 Å². The van der Waals surface area contributed by atoms with Gasteiger partial charge in [-0.1, -0.05) is 30.3 Å². The van der Waals surface area contributed by atoms with Gasteiger partial charge in [0.1, 0.15) is 17.1 Å². The van der Waals surface area contributed by atoms with Gasteiger partial charge in [-0.25, -0.2) is 0 Å². The number of rotatable bonds is 4. The molecule has 1 atom stereocenters. The molecule has 0 unspecified atom stereocenters. The van der Waals surface area contributed by atoms with Crippen LogP contribution in [0.25, 0.3) is 0 Å². The smallest absolute Gasteiger partial charge is 0.259 e. The van der Waals surface area contributed by atoms with Crippen molar-refractivity contribution in [3.63, 3.8) is 0 Å². The zero-order valence-electron chi connectivity index (χ0n) is 14.3. The van der Waals surface area contributed by atoms with Crippen molar-refractivity contribution in [1.29, 1.82) is 0 Å². The molecule has 0 spiro atoms. The zero-order valence-corrected chi connectivity index (χ0v) is 14.3. The molecule has 0 radical (unpaired) electrons. The summed E-state index contributed by atoms with van der Waals surface area (Å²) in [5.41, 5.74) is 2.32. The summed E-state index contributed by atoms with van der Waals surface area (Å²) in [5.74, 6) is 1.35. The van der Waals surface area contributed by atoms with Crippen molar-refractivity contribution < 1.29 is 14.1 Å². The minimum Gasteiger partial charge on any atom is -0.496 e. The third-order valence-corrected chi connectivity index (χ3v) is 4.48. The molecular formula is C18H23N3O3. The Morgan fingerprint density at radius 2 is 2.25 bits per heavy atom. The molecular weight excluding hydrogens is 306 g/mol. The topological polar surface area (TPSA) is 67.6 Å². The molecule has 0 saturated carbocycles. The summed E-state index contributed by atoms with van der Waals surface area (Å²) in [6.45, 7) is 5.86. The van der Waals surface area contributed by atoms with Gasteiger partial charge < -0.3 is 19.5 Å². The van der Waals surface area contributed by atoms with E-state index in [0.29, 0.717) is 30.8 Å². The fraction of sp³-hybridized carbons (Fsp3) is 0.444. The average Bonchev–Trinajstić information content (AvgIpc) is 3.01. The van der Waals surface area contributed by atoms with E-state index in [-0.39, 0.29) is 11.9 Å². The maximum atomic E-state index is 13.2. The number of para-hydroxylation sites is 1. The molecule has 6 nitrogen and oxygen atoms in total. The largest absolute Gasteiger partial charge is 0.496 e. The lowest BCUT2D eigenvalue weighted by Gasteiger charge is -2.37. The lowest BCUT2D eigenvalue weighted by atomic mass is 10.00. The van der Waals surface area contributed by atoms with Gasteiger partial charge in [0.05, 0.1) is 18.8 Å². The second-order valence-electron chi connectivity index (χ2n) is 5.87. The summed E-state index contributed by atoms with van der Waals surface area (Å²) >= 11 is 0. The van der Waals surface area contributed by atoms with Crippen molar-refractivity contribution in [2.75, 3.05) is 26.7 Å². The lowest BCUT2D eigenvalue weighted by molar-refractivity contribution is 0.0629. The van der Waals surface area contributed by atoms with E-state index in [1.165, 1.54) is 0 Å². The normalized spacial score (nSPS) is 17.8. The fourth-order valence-corrected chi connectivity index (χ4v) is 3.24. The molecule has 1 saturated heterocycles. The number of carbonyl (C=O) groups is 1. The Labute approximate surface area is 141 Å². The number of nitrogens with one attached hydrogen (secondary N) is 1. The number of nitrogens with zero attached hydrogens (tertiary/aromatic N) is 2. The molecule has 24 heavy (non-hydrogen) atoms. The van der Waals surface area contributed by atoms with E-state index in [9.17, 15) is 4.79 Å². The van der Waals surface area contributed by atoms with Crippen LogP contribution in [0.5, 0.6) is 5.75 Å². The maximum absolute atomic E-state index is 13.2. The summed E-state index contributed by atoms with van der Waals surface area (Å²) in [4.78, 5) is 15.1. The minimum absolute atomic E-state index is 0.0250. The van der Waals surface area contributed by atoms with Crippen LogP contribution in [0.15, 0.2) is 28.8 Å². The van der Waals surface area contributed by atoms with Crippen molar-refractivity contribution in [3.8, 4) is 5.75 Å². The number of aryl methyl sites for hydroxylation is 2. The summed E-state index contributed by atoms with van der Waals surface area (Å²) in [6, 6.07) is 7.76. The number of aromatic nitrogens is 1. The Morgan fingerprint density at radius 1 is 1.46 bits per heavy atom. The van der Waals surface area contributed by atoms with Gasteiger partial charge in [0.2, 0.25) is 0 Å². The van der Waals surface area contributed by atoms with Gasteiger partial charge in [-0.15, -0.1) is 0 Å². The number of piperazine rings is 1. The first-order valence-electron chi connectivity index (χ1n) is 8.27. The Kier molecular flexibility index (Phi) is 4.85. The molecule has 1 aliphatic heterocycles. The predicted molar refractivity (Wildman–Crippen MR) is 90.3 cm³/mol. The lowest BCUT2D eigenvalue weighted by Crippen LogP contribution is -2.49. The van der Waals surface area contributed by atoms with Gasteiger partial charge in [-0.05, 0) is 19.4 Å². The summed E-state index contributed by atoms with van der Waals surface area (Å²) in [6.07, 6.45) is 0.670. The van der Waals surface area contributed by atoms with Crippen LogP contribution < -0.4 is 10.1 Å². The highest BCUT2D eigenvalue weighted by Crippen LogP contribution is 2.32. The molecule has 1 aromatic heterocycles. The zero-order chi connectivity index (χ0) is 17.1. The van der Waals surface area contributed by atoms with E-state index in [4.69, 9.17) is 9.26 Å². The molecule has 128 valence electrons. The Morgan fingerprint density at radius 3 is 3.00 bits per heavy atom. The summed E-state index contributed by atoms with van der Waals surface area (Å²) in [7, 11) is 1.65. The number of benzene rings is 1. The molecule has 0 bridgehead atoms. The predicted octanol–water partition coefficient (Wildman–Crippen LogP) is 2.34. The molecule has 1 fully saturated rings. The molecule has 2 aromatic rings. The third-order valence-electron chi connectivity index (χ3n) is 4.48. The molecule has 0 aliphatic carbocycles. The fourth-order valence-electron chi connectivity index (χ4n) is 3.24. The molecule has 6 heteroatoms. The van der Waals surface area contributed by atoms with Crippen LogP contribution in [0.1, 0.15) is 40.3 Å². The quantitative estimate of drug-likeness (QED) is 0.932. The molecule has 1 aliphatic rings. The van der Waals surface area contributed by atoms with Crippen LogP contribution in [-0.4, -0.2) is 42.7 Å². The van der Waals surface area contributed by atoms with Gasteiger partial charge in [0, 0.05) is 25.2 Å². The van der Waals surface area contributed by atoms with E-state index in [0.717, 1.165) is 23.6 Å². The Hall–Kier alpha value is -2.34. The first-order valence-corrected chi connectivity index (χ1v) is 8.27. The highest BCUT2D eigenvalue weighted by molar-refractivity contribution is 5.96. The van der Waals surface area contributed by atoms with Crippen LogP contribution >= 0.6 is 0 Å². The number of ether oxygens (including phenoxy) is 1. The molecule has 1 N–H and O–H groups in total. The van der Waals surface area contributed by atoms with Crippen LogP contribution in [0, 0.1) is 6.92 Å². The highest BCUT2D eigenvalue weighted by atomic mass is 16.5. The highest BCUT2D eigenvalue weighted by Gasteiger charge is 2.33. The number of hydrogen-bond acceptors (Lipinski definition) is 5. The monoisotopic (exact) mass is 329 g/mol. The van der Waals surface area contributed by atoms with Crippen LogP contribution in [-0.2, 0) is 6.42 Å². The van der Waals surface area contributed by atoms with Crippen LogP contribution in [0.4, 0.5) is 0 Å². The molecule has 1 aromatic carbocycles. The van der Waals surface area contributed by atoms with E-state index in [1.807, 2.05) is 36.1 Å². The van der Waals surface area contributed by atoms with Crippen LogP contribution in [0.2, 0.25) is 0 Å².